The van der Waals surface area contributed by atoms with Crippen molar-refractivity contribution in [3.8, 4) is 29.0 Å². The predicted octanol–water partition coefficient (Wildman–Crippen LogP) is 2.31. The Morgan fingerprint density at radius 3 is 1.67 bits per heavy atom. The first-order valence-corrected chi connectivity index (χ1v) is 7.80. The number of hydrogen-bond donors (Lipinski definition) is 3. The van der Waals surface area contributed by atoms with Crippen LogP contribution in [0.4, 0.5) is 4.39 Å². The van der Waals surface area contributed by atoms with E-state index in [1.165, 1.54) is 36.4 Å². The zero-order chi connectivity index (χ0) is 19.8. The molecule has 132 valence electrons. The summed E-state index contributed by atoms with van der Waals surface area (Å²) in [5.41, 5.74) is 2.93. The second kappa shape index (κ2) is 9.16. The molecule has 0 amide bonds. The molecule has 0 saturated heterocycles. The first-order chi connectivity index (χ1) is 12.9. The Balaban J connectivity index is 0.000000208. The Labute approximate surface area is 156 Å². The first kappa shape index (κ1) is 19.7. The number of benzene rings is 3. The highest BCUT2D eigenvalue weighted by atomic mass is 19.1. The van der Waals surface area contributed by atoms with Crippen molar-refractivity contribution >= 4 is 12.6 Å². The lowest BCUT2D eigenvalue weighted by molar-refractivity contribution is 0.425. The number of rotatable bonds is 2. The molecule has 7 heteroatoms. The van der Waals surface area contributed by atoms with Crippen molar-refractivity contribution in [2.45, 2.75) is 0 Å². The molecule has 0 aliphatic carbocycles. The van der Waals surface area contributed by atoms with E-state index in [0.29, 0.717) is 22.2 Å². The van der Waals surface area contributed by atoms with Crippen LogP contribution >= 0.6 is 0 Å². The minimum absolute atomic E-state index is 0.364. The molecule has 0 unspecified atom stereocenters. The number of phenols is 1. The van der Waals surface area contributed by atoms with E-state index in [1.54, 1.807) is 30.3 Å². The Morgan fingerprint density at radius 2 is 1.22 bits per heavy atom. The first-order valence-electron chi connectivity index (χ1n) is 7.80. The van der Waals surface area contributed by atoms with Crippen molar-refractivity contribution < 1.29 is 19.5 Å². The van der Waals surface area contributed by atoms with Crippen LogP contribution in [0.3, 0.4) is 0 Å². The molecule has 3 rings (SSSR count). The van der Waals surface area contributed by atoms with Gasteiger partial charge in [-0.1, -0.05) is 30.3 Å². The lowest BCUT2D eigenvalue weighted by Crippen LogP contribution is -2.29. The van der Waals surface area contributed by atoms with Crippen LogP contribution in [0.5, 0.6) is 5.75 Å². The lowest BCUT2D eigenvalue weighted by atomic mass is 9.80. The van der Waals surface area contributed by atoms with E-state index in [0.717, 1.165) is 5.56 Å². The molecule has 27 heavy (non-hydrogen) atoms. The van der Waals surface area contributed by atoms with Crippen molar-refractivity contribution in [2.75, 3.05) is 0 Å². The number of nitriles is 2. The van der Waals surface area contributed by atoms with Gasteiger partial charge in [-0.25, -0.2) is 4.39 Å². The highest BCUT2D eigenvalue weighted by Crippen LogP contribution is 2.24. The van der Waals surface area contributed by atoms with Gasteiger partial charge in [-0.3, -0.25) is 0 Å². The Kier molecular flexibility index (Phi) is 6.68. The summed E-state index contributed by atoms with van der Waals surface area (Å²) in [4.78, 5) is 0. The van der Waals surface area contributed by atoms with Gasteiger partial charge in [0.2, 0.25) is 0 Å². The van der Waals surface area contributed by atoms with Crippen molar-refractivity contribution in [3.05, 3.63) is 83.7 Å². The maximum atomic E-state index is 13.1. The molecule has 0 fully saturated rings. The third-order valence-electron chi connectivity index (χ3n) is 3.63. The zero-order valence-electron chi connectivity index (χ0n) is 14.0. The molecule has 0 aromatic heterocycles. The van der Waals surface area contributed by atoms with Crippen LogP contribution in [0.25, 0.3) is 11.1 Å². The van der Waals surface area contributed by atoms with Gasteiger partial charge >= 0.3 is 7.12 Å². The minimum Gasteiger partial charge on any atom is -0.505 e. The van der Waals surface area contributed by atoms with E-state index < -0.39 is 12.9 Å². The largest absolute Gasteiger partial charge is 0.505 e. The molecular formula is C20H14BFN2O3. The van der Waals surface area contributed by atoms with Gasteiger partial charge in [-0.15, -0.1) is 0 Å². The van der Waals surface area contributed by atoms with Gasteiger partial charge in [-0.05, 0) is 53.0 Å². The number of aromatic hydroxyl groups is 1. The minimum atomic E-state index is -1.46. The molecule has 3 N–H and O–H groups in total. The predicted molar refractivity (Wildman–Crippen MR) is 99.2 cm³/mol. The van der Waals surface area contributed by atoms with E-state index in [2.05, 4.69) is 0 Å². The van der Waals surface area contributed by atoms with Crippen LogP contribution in [0, 0.1) is 28.5 Å². The molecule has 0 heterocycles. The summed E-state index contributed by atoms with van der Waals surface area (Å²) in [5.74, 6) is -1.01. The Hall–Kier alpha value is -3.65. The van der Waals surface area contributed by atoms with Crippen LogP contribution in [-0.4, -0.2) is 22.3 Å². The summed E-state index contributed by atoms with van der Waals surface area (Å²) in [5, 5.41) is 43.4. The Morgan fingerprint density at radius 1 is 0.741 bits per heavy atom. The third-order valence-corrected chi connectivity index (χ3v) is 3.63. The number of hydrogen-bond acceptors (Lipinski definition) is 5. The third kappa shape index (κ3) is 5.42. The summed E-state index contributed by atoms with van der Waals surface area (Å²) in [6.07, 6.45) is 0. The molecule has 3 aromatic carbocycles. The van der Waals surface area contributed by atoms with E-state index >= 15 is 0 Å². The number of phenolic OH excluding ortho intramolecular Hbond substituents is 1. The number of halogens is 1. The maximum Gasteiger partial charge on any atom is 0.488 e. The fourth-order valence-corrected chi connectivity index (χ4v) is 2.15. The fraction of sp³-hybridized carbons (Fsp3) is 0. The molecule has 0 atom stereocenters. The maximum absolute atomic E-state index is 13.1. The van der Waals surface area contributed by atoms with E-state index in [9.17, 15) is 4.39 Å². The molecule has 0 aliphatic heterocycles. The van der Waals surface area contributed by atoms with Crippen molar-refractivity contribution in [2.24, 2.45) is 0 Å². The standard InChI is InChI=1S/C13H8FNO.C7H6BNO2/c14-12-7-11(5-6-13(12)16)10-3-1-9(8-15)2-4-10;9-5-6-1-3-7(4-2-6)8(10)11/h1-7,16H;1-4,10-11H. The van der Waals surface area contributed by atoms with Gasteiger partial charge in [0.25, 0.3) is 0 Å². The second-order valence-corrected chi connectivity index (χ2v) is 5.46. The van der Waals surface area contributed by atoms with Crippen molar-refractivity contribution in [3.63, 3.8) is 0 Å². The average molecular weight is 360 g/mol. The summed E-state index contributed by atoms with van der Waals surface area (Å²) in [6, 6.07) is 21.0. The van der Waals surface area contributed by atoms with Crippen LogP contribution in [0.2, 0.25) is 0 Å². The molecular weight excluding hydrogens is 346 g/mol. The van der Waals surface area contributed by atoms with E-state index in [-0.39, 0.29) is 5.75 Å². The van der Waals surface area contributed by atoms with Crippen LogP contribution in [-0.2, 0) is 0 Å². The molecule has 5 nitrogen and oxygen atoms in total. The number of nitrogens with zero attached hydrogens (tertiary/aromatic N) is 2. The quantitative estimate of drug-likeness (QED) is 0.608. The molecule has 0 bridgehead atoms. The normalized spacial score (nSPS) is 9.37. The summed E-state index contributed by atoms with van der Waals surface area (Å²) in [7, 11) is -1.46. The summed E-state index contributed by atoms with van der Waals surface area (Å²) < 4.78 is 13.1. The van der Waals surface area contributed by atoms with Crippen molar-refractivity contribution in [1.29, 1.82) is 10.5 Å². The van der Waals surface area contributed by atoms with Gasteiger partial charge in [0.05, 0.1) is 23.3 Å². The van der Waals surface area contributed by atoms with Gasteiger partial charge in [0.15, 0.2) is 11.6 Å². The van der Waals surface area contributed by atoms with Gasteiger partial charge < -0.3 is 15.2 Å². The van der Waals surface area contributed by atoms with E-state index in [4.69, 9.17) is 25.7 Å². The van der Waals surface area contributed by atoms with Crippen LogP contribution in [0.15, 0.2) is 66.7 Å². The van der Waals surface area contributed by atoms with Gasteiger partial charge in [0, 0.05) is 0 Å². The van der Waals surface area contributed by atoms with E-state index in [1.807, 2.05) is 12.1 Å². The molecule has 0 spiro atoms. The second-order valence-electron chi connectivity index (χ2n) is 5.46. The topological polar surface area (TPSA) is 108 Å². The highest BCUT2D eigenvalue weighted by molar-refractivity contribution is 6.58. The van der Waals surface area contributed by atoms with Crippen LogP contribution in [0.1, 0.15) is 11.1 Å². The van der Waals surface area contributed by atoms with Gasteiger partial charge in [-0.2, -0.15) is 10.5 Å². The molecule has 3 aromatic rings. The summed E-state index contributed by atoms with van der Waals surface area (Å²) in [6.45, 7) is 0. The zero-order valence-corrected chi connectivity index (χ0v) is 14.0. The Bertz CT molecular complexity index is 992. The smallest absolute Gasteiger partial charge is 0.488 e. The SMILES string of the molecule is N#Cc1ccc(-c2ccc(O)c(F)c2)cc1.N#Cc1ccc(B(O)O)cc1. The molecule has 0 radical (unpaired) electrons. The molecule has 0 aliphatic rings. The van der Waals surface area contributed by atoms with Crippen LogP contribution < -0.4 is 5.46 Å². The highest BCUT2D eigenvalue weighted by Gasteiger charge is 2.09. The monoisotopic (exact) mass is 360 g/mol. The van der Waals surface area contributed by atoms with Gasteiger partial charge in [0.1, 0.15) is 0 Å². The lowest BCUT2D eigenvalue weighted by Gasteiger charge is -2.02. The van der Waals surface area contributed by atoms with Crippen molar-refractivity contribution in [1.82, 2.24) is 0 Å². The fourth-order valence-electron chi connectivity index (χ4n) is 2.15. The summed E-state index contributed by atoms with van der Waals surface area (Å²) >= 11 is 0. The average Bonchev–Trinajstić information content (AvgIpc) is 2.70. The molecule has 0 saturated carbocycles.